The Bertz CT molecular complexity index is 253. The number of rotatable bonds is 6. The Morgan fingerprint density at radius 1 is 1.22 bits per heavy atom. The van der Waals surface area contributed by atoms with E-state index in [0.29, 0.717) is 13.0 Å². The number of carbonyl (C=O) groups is 1. The van der Waals surface area contributed by atoms with Crippen molar-refractivity contribution >= 4 is 5.97 Å². The topological polar surface area (TPSA) is 29.5 Å². The van der Waals surface area contributed by atoms with Gasteiger partial charge in [0.05, 0.1) is 13.0 Å². The Kier molecular flexibility index (Phi) is 6.13. The molecule has 0 atom stereocenters. The lowest BCUT2D eigenvalue weighted by molar-refractivity contribution is -0.147. The number of ether oxygens (including phenoxy) is 1. The lowest BCUT2D eigenvalue weighted by Gasteiger charge is -2.46. The van der Waals surface area contributed by atoms with Crippen LogP contribution in [-0.2, 0) is 9.53 Å². The van der Waals surface area contributed by atoms with E-state index >= 15 is 0 Å². The molecule has 0 bridgehead atoms. The molecule has 0 amide bonds. The highest BCUT2D eigenvalue weighted by molar-refractivity contribution is 5.71. The summed E-state index contributed by atoms with van der Waals surface area (Å²) in [5, 5.41) is 0. The smallest absolute Gasteiger partial charge is 0.307 e. The first-order valence-electron chi connectivity index (χ1n) is 7.48. The van der Waals surface area contributed by atoms with E-state index in [2.05, 4.69) is 25.7 Å². The highest BCUT2D eigenvalue weighted by Crippen LogP contribution is 2.39. The highest BCUT2D eigenvalue weighted by Gasteiger charge is 2.40. The van der Waals surface area contributed by atoms with Crippen LogP contribution in [0.1, 0.15) is 59.8 Å². The summed E-state index contributed by atoms with van der Waals surface area (Å²) in [4.78, 5) is 14.4. The van der Waals surface area contributed by atoms with E-state index < -0.39 is 0 Å². The third-order valence-corrected chi connectivity index (χ3v) is 4.42. The molecule has 0 N–H and O–H groups in total. The molecule has 3 nitrogen and oxygen atoms in total. The largest absolute Gasteiger partial charge is 0.466 e. The van der Waals surface area contributed by atoms with Gasteiger partial charge in [-0.05, 0) is 51.6 Å². The zero-order valence-electron chi connectivity index (χ0n) is 12.5. The van der Waals surface area contributed by atoms with Gasteiger partial charge in [-0.15, -0.1) is 0 Å². The third kappa shape index (κ3) is 3.71. The maximum Gasteiger partial charge on any atom is 0.307 e. The highest BCUT2D eigenvalue weighted by atomic mass is 16.5. The van der Waals surface area contributed by atoms with Crippen LogP contribution in [-0.4, -0.2) is 36.1 Å². The molecule has 0 saturated heterocycles. The average molecular weight is 255 g/mol. The Morgan fingerprint density at radius 2 is 1.78 bits per heavy atom. The van der Waals surface area contributed by atoms with E-state index in [9.17, 15) is 4.79 Å². The van der Waals surface area contributed by atoms with Crippen LogP contribution in [0.3, 0.4) is 0 Å². The van der Waals surface area contributed by atoms with E-state index in [0.717, 1.165) is 31.8 Å². The van der Waals surface area contributed by atoms with Crippen LogP contribution >= 0.6 is 0 Å². The Hall–Kier alpha value is -0.570. The zero-order valence-corrected chi connectivity index (χ0v) is 12.5. The molecule has 1 saturated carbocycles. The van der Waals surface area contributed by atoms with Gasteiger partial charge in [0.2, 0.25) is 0 Å². The second kappa shape index (κ2) is 7.13. The molecule has 1 rings (SSSR count). The summed E-state index contributed by atoms with van der Waals surface area (Å²) in [6.07, 6.45) is 5.30. The lowest BCUT2D eigenvalue weighted by atomic mass is 9.74. The predicted molar refractivity (Wildman–Crippen MR) is 74.5 cm³/mol. The first kappa shape index (κ1) is 15.5. The number of hydrogen-bond acceptors (Lipinski definition) is 3. The van der Waals surface area contributed by atoms with Gasteiger partial charge in [0.1, 0.15) is 0 Å². The standard InChI is InChI=1S/C15H29NO2/c1-5-16(6-2)15(12-14(17)18-7-3)10-8-13(4)9-11-15/h13H,5-12H2,1-4H3. The van der Waals surface area contributed by atoms with Crippen molar-refractivity contribution in [3.63, 3.8) is 0 Å². The fourth-order valence-corrected chi connectivity index (χ4v) is 3.28. The lowest BCUT2D eigenvalue weighted by Crippen LogP contribution is -2.52. The van der Waals surface area contributed by atoms with Crippen molar-refractivity contribution in [3.05, 3.63) is 0 Å². The van der Waals surface area contributed by atoms with Crippen molar-refractivity contribution in [1.29, 1.82) is 0 Å². The number of carbonyl (C=O) groups excluding carboxylic acids is 1. The molecule has 0 heterocycles. The van der Waals surface area contributed by atoms with Crippen LogP contribution in [0.4, 0.5) is 0 Å². The summed E-state index contributed by atoms with van der Waals surface area (Å²) in [7, 11) is 0. The van der Waals surface area contributed by atoms with Crippen LogP contribution in [0, 0.1) is 5.92 Å². The van der Waals surface area contributed by atoms with Gasteiger partial charge < -0.3 is 4.74 Å². The second-order valence-electron chi connectivity index (χ2n) is 5.56. The first-order chi connectivity index (χ1) is 8.57. The zero-order chi connectivity index (χ0) is 13.6. The number of nitrogens with zero attached hydrogens (tertiary/aromatic N) is 1. The van der Waals surface area contributed by atoms with E-state index in [1.54, 1.807) is 0 Å². The van der Waals surface area contributed by atoms with Gasteiger partial charge >= 0.3 is 5.97 Å². The van der Waals surface area contributed by atoms with Crippen LogP contribution in [0.15, 0.2) is 0 Å². The van der Waals surface area contributed by atoms with Gasteiger partial charge in [-0.25, -0.2) is 0 Å². The van der Waals surface area contributed by atoms with E-state index in [4.69, 9.17) is 4.74 Å². The molecule has 1 aliphatic carbocycles. The van der Waals surface area contributed by atoms with E-state index in [1.807, 2.05) is 6.92 Å². The molecule has 0 aromatic rings. The van der Waals surface area contributed by atoms with E-state index in [-0.39, 0.29) is 11.5 Å². The summed E-state index contributed by atoms with van der Waals surface area (Å²) in [6.45, 7) is 11.1. The van der Waals surface area contributed by atoms with Gasteiger partial charge in [0.25, 0.3) is 0 Å². The van der Waals surface area contributed by atoms with Crippen molar-refractivity contribution in [1.82, 2.24) is 4.90 Å². The number of hydrogen-bond donors (Lipinski definition) is 0. The van der Waals surface area contributed by atoms with Crippen LogP contribution in [0.5, 0.6) is 0 Å². The summed E-state index contributed by atoms with van der Waals surface area (Å²) in [5.41, 5.74) is 0.0578. The van der Waals surface area contributed by atoms with Gasteiger partial charge in [0.15, 0.2) is 0 Å². The molecule has 1 aliphatic rings. The predicted octanol–water partition coefficient (Wildman–Crippen LogP) is 3.23. The van der Waals surface area contributed by atoms with Crippen LogP contribution < -0.4 is 0 Å². The Labute approximate surface area is 112 Å². The summed E-state index contributed by atoms with van der Waals surface area (Å²) in [6, 6.07) is 0. The van der Waals surface area contributed by atoms with Crippen LogP contribution in [0.25, 0.3) is 0 Å². The van der Waals surface area contributed by atoms with Crippen molar-refractivity contribution in [2.75, 3.05) is 19.7 Å². The molecule has 0 aromatic heterocycles. The summed E-state index contributed by atoms with van der Waals surface area (Å²) >= 11 is 0. The van der Waals surface area contributed by atoms with Gasteiger partial charge in [-0.3, -0.25) is 9.69 Å². The summed E-state index contributed by atoms with van der Waals surface area (Å²) < 4.78 is 5.17. The first-order valence-corrected chi connectivity index (χ1v) is 7.48. The normalized spacial score (nSPS) is 28.4. The quantitative estimate of drug-likeness (QED) is 0.682. The van der Waals surface area contributed by atoms with Crippen molar-refractivity contribution in [2.24, 2.45) is 5.92 Å². The Morgan fingerprint density at radius 3 is 2.22 bits per heavy atom. The molecule has 106 valence electrons. The van der Waals surface area contributed by atoms with Crippen molar-refractivity contribution in [3.8, 4) is 0 Å². The molecule has 0 radical (unpaired) electrons. The molecule has 18 heavy (non-hydrogen) atoms. The van der Waals surface area contributed by atoms with E-state index in [1.165, 1.54) is 12.8 Å². The molecule has 0 aromatic carbocycles. The molecule has 0 spiro atoms. The van der Waals surface area contributed by atoms with Gasteiger partial charge in [0, 0.05) is 5.54 Å². The third-order valence-electron chi connectivity index (χ3n) is 4.42. The maximum absolute atomic E-state index is 11.9. The maximum atomic E-state index is 11.9. The number of esters is 1. The van der Waals surface area contributed by atoms with Crippen molar-refractivity contribution in [2.45, 2.75) is 65.3 Å². The molecule has 1 fully saturated rings. The van der Waals surface area contributed by atoms with Gasteiger partial charge in [-0.2, -0.15) is 0 Å². The monoisotopic (exact) mass is 255 g/mol. The minimum absolute atomic E-state index is 0.0287. The summed E-state index contributed by atoms with van der Waals surface area (Å²) in [5.74, 6) is 0.773. The molecule has 0 unspecified atom stereocenters. The fraction of sp³-hybridized carbons (Fsp3) is 0.933. The van der Waals surface area contributed by atoms with Crippen LogP contribution in [0.2, 0.25) is 0 Å². The molecule has 3 heteroatoms. The van der Waals surface area contributed by atoms with Gasteiger partial charge in [-0.1, -0.05) is 20.8 Å². The molecule has 0 aliphatic heterocycles. The molecular weight excluding hydrogens is 226 g/mol. The fourth-order valence-electron chi connectivity index (χ4n) is 3.28. The Balaban J connectivity index is 2.77. The van der Waals surface area contributed by atoms with Crippen molar-refractivity contribution < 1.29 is 9.53 Å². The minimum atomic E-state index is -0.0287. The minimum Gasteiger partial charge on any atom is -0.466 e. The SMILES string of the molecule is CCOC(=O)CC1(N(CC)CC)CCC(C)CC1. The molecular formula is C15H29NO2. The average Bonchev–Trinajstić information content (AvgIpc) is 2.34. The second-order valence-corrected chi connectivity index (χ2v) is 5.56.